The monoisotopic (exact) mass is 571 g/mol. The number of benzene rings is 2. The molecular weight excluding hydrogens is 534 g/mol. The van der Waals surface area contributed by atoms with Gasteiger partial charge in [0.1, 0.15) is 11.7 Å². The average Bonchev–Trinajstić information content (AvgIpc) is 3.68. The van der Waals surface area contributed by atoms with Gasteiger partial charge in [-0.15, -0.1) is 10.2 Å². The van der Waals surface area contributed by atoms with E-state index in [-0.39, 0.29) is 11.2 Å². The van der Waals surface area contributed by atoms with Crippen molar-refractivity contribution in [1.82, 2.24) is 34.2 Å². The van der Waals surface area contributed by atoms with Gasteiger partial charge in [-0.25, -0.2) is 9.78 Å². The highest BCUT2D eigenvalue weighted by Crippen LogP contribution is 2.31. The van der Waals surface area contributed by atoms with Gasteiger partial charge in [-0.05, 0) is 30.4 Å². The van der Waals surface area contributed by atoms with Crippen molar-refractivity contribution in [1.29, 1.82) is 0 Å². The molecule has 11 nitrogen and oxygen atoms in total. The quantitative estimate of drug-likeness (QED) is 0.195. The van der Waals surface area contributed by atoms with Crippen molar-refractivity contribution >= 4 is 11.2 Å². The summed E-state index contributed by atoms with van der Waals surface area (Å²) in [5, 5.41) is 21.5. The van der Waals surface area contributed by atoms with Gasteiger partial charge in [0.05, 0.1) is 6.10 Å². The zero-order valence-electron chi connectivity index (χ0n) is 24.0. The van der Waals surface area contributed by atoms with Crippen molar-refractivity contribution in [3.63, 3.8) is 0 Å². The Morgan fingerprint density at radius 2 is 1.67 bits per heavy atom. The largest absolute Gasteiger partial charge is 0.427 e. The fourth-order valence-electron chi connectivity index (χ4n) is 5.22. The Bertz CT molecular complexity index is 1690. The van der Waals surface area contributed by atoms with Crippen LogP contribution in [0.1, 0.15) is 55.4 Å². The van der Waals surface area contributed by atoms with E-state index in [9.17, 15) is 14.7 Å². The highest BCUT2D eigenvalue weighted by atomic mass is 16.4. The SMILES string of the molecule is CCCn1c(=O)c2c(nc(C(c3ccccc3)c3nnco3)n2CCNCC(O)CC)n(CCc2ccccc2)c1=O. The van der Waals surface area contributed by atoms with E-state index in [1.54, 1.807) is 4.57 Å². The number of aryl methyl sites for hydroxylation is 2. The summed E-state index contributed by atoms with van der Waals surface area (Å²) in [6.07, 6.45) is 2.67. The minimum absolute atomic E-state index is 0.298. The molecule has 0 radical (unpaired) electrons. The van der Waals surface area contributed by atoms with Crippen LogP contribution in [0.4, 0.5) is 0 Å². The van der Waals surface area contributed by atoms with E-state index in [4.69, 9.17) is 9.40 Å². The summed E-state index contributed by atoms with van der Waals surface area (Å²) in [5.74, 6) is 0.288. The second-order valence-corrected chi connectivity index (χ2v) is 10.3. The lowest BCUT2D eigenvalue weighted by molar-refractivity contribution is 0.167. The van der Waals surface area contributed by atoms with E-state index in [1.807, 2.05) is 79.1 Å². The van der Waals surface area contributed by atoms with Crippen molar-refractivity contribution in [2.45, 2.75) is 64.8 Å². The summed E-state index contributed by atoms with van der Waals surface area (Å²) in [6, 6.07) is 19.6. The van der Waals surface area contributed by atoms with Gasteiger partial charge < -0.3 is 19.4 Å². The highest BCUT2D eigenvalue weighted by molar-refractivity contribution is 5.72. The standard InChI is InChI=1S/C31H37N7O4/c1-3-17-38-30(40)26-28(37(31(38)41)18-15-22-11-7-5-8-12-22)34-27(36(26)19-16-32-20-24(39)4-2)25(29-35-33-21-42-29)23-13-9-6-10-14-23/h5-14,21,24-25,32,39H,3-4,15-20H2,1-2H3. The van der Waals surface area contributed by atoms with E-state index in [0.29, 0.717) is 74.9 Å². The number of hydrogen-bond donors (Lipinski definition) is 2. The fourth-order valence-corrected chi connectivity index (χ4v) is 5.22. The first-order valence-electron chi connectivity index (χ1n) is 14.5. The van der Waals surface area contributed by atoms with E-state index in [2.05, 4.69) is 15.5 Å². The van der Waals surface area contributed by atoms with Crippen molar-refractivity contribution in [3.05, 3.63) is 111 Å². The third kappa shape index (κ3) is 6.12. The lowest BCUT2D eigenvalue weighted by atomic mass is 9.98. The van der Waals surface area contributed by atoms with E-state index < -0.39 is 12.0 Å². The first-order valence-corrected chi connectivity index (χ1v) is 14.5. The van der Waals surface area contributed by atoms with Crippen LogP contribution < -0.4 is 16.6 Å². The molecule has 220 valence electrons. The Morgan fingerprint density at radius 1 is 0.929 bits per heavy atom. The zero-order chi connectivity index (χ0) is 29.5. The number of nitrogens with zero attached hydrogens (tertiary/aromatic N) is 6. The molecule has 0 saturated carbocycles. The van der Waals surface area contributed by atoms with Gasteiger partial charge in [-0.1, -0.05) is 74.5 Å². The second kappa shape index (κ2) is 13.5. The molecule has 0 aliphatic heterocycles. The Morgan fingerprint density at radius 3 is 2.33 bits per heavy atom. The molecule has 42 heavy (non-hydrogen) atoms. The smallest absolute Gasteiger partial charge is 0.332 e. The summed E-state index contributed by atoms with van der Waals surface area (Å²) in [4.78, 5) is 32.8. The maximum Gasteiger partial charge on any atom is 0.332 e. The highest BCUT2D eigenvalue weighted by Gasteiger charge is 2.30. The first-order chi connectivity index (χ1) is 20.5. The number of hydrogen-bond acceptors (Lipinski definition) is 8. The van der Waals surface area contributed by atoms with Crippen molar-refractivity contribution in [2.75, 3.05) is 13.1 Å². The molecule has 3 aromatic heterocycles. The summed E-state index contributed by atoms with van der Waals surface area (Å²) in [5.41, 5.74) is 1.87. The van der Waals surface area contributed by atoms with Crippen LogP contribution in [-0.4, -0.2) is 53.2 Å². The number of aliphatic hydroxyl groups is 1. The molecule has 5 rings (SSSR count). The number of nitrogens with one attached hydrogen (secondary N) is 1. The van der Waals surface area contributed by atoms with E-state index in [0.717, 1.165) is 11.1 Å². The van der Waals surface area contributed by atoms with Gasteiger partial charge >= 0.3 is 5.69 Å². The number of aromatic nitrogens is 6. The molecule has 0 amide bonds. The predicted molar refractivity (Wildman–Crippen MR) is 160 cm³/mol. The van der Waals surface area contributed by atoms with Crippen LogP contribution in [0.5, 0.6) is 0 Å². The molecule has 2 atom stereocenters. The molecule has 0 spiro atoms. The molecule has 2 N–H and O–H groups in total. The summed E-state index contributed by atoms with van der Waals surface area (Å²) >= 11 is 0. The van der Waals surface area contributed by atoms with Gasteiger partial charge in [0, 0.05) is 32.7 Å². The third-order valence-corrected chi connectivity index (χ3v) is 7.44. The van der Waals surface area contributed by atoms with Gasteiger partial charge in [0.15, 0.2) is 11.2 Å². The molecule has 0 aliphatic carbocycles. The lowest BCUT2D eigenvalue weighted by Gasteiger charge is -2.17. The van der Waals surface area contributed by atoms with Crippen LogP contribution in [0.25, 0.3) is 11.2 Å². The van der Waals surface area contributed by atoms with Crippen LogP contribution >= 0.6 is 0 Å². The lowest BCUT2D eigenvalue weighted by Crippen LogP contribution is -2.41. The van der Waals surface area contributed by atoms with Crippen LogP contribution in [0.2, 0.25) is 0 Å². The van der Waals surface area contributed by atoms with Gasteiger partial charge in [0.25, 0.3) is 5.56 Å². The predicted octanol–water partition coefficient (Wildman–Crippen LogP) is 2.94. The van der Waals surface area contributed by atoms with Gasteiger partial charge in [-0.2, -0.15) is 0 Å². The third-order valence-electron chi connectivity index (χ3n) is 7.44. The molecule has 0 fully saturated rings. The number of fused-ring (bicyclic) bond motifs is 1. The Labute approximate surface area is 243 Å². The molecule has 0 bridgehead atoms. The van der Waals surface area contributed by atoms with Crippen LogP contribution in [0, 0.1) is 0 Å². The molecule has 2 aromatic carbocycles. The second-order valence-electron chi connectivity index (χ2n) is 10.3. The molecular formula is C31H37N7O4. The van der Waals surface area contributed by atoms with Crippen molar-refractivity contribution in [2.24, 2.45) is 0 Å². The average molecular weight is 572 g/mol. The van der Waals surface area contributed by atoms with E-state index in [1.165, 1.54) is 11.0 Å². The maximum atomic E-state index is 14.0. The van der Waals surface area contributed by atoms with Crippen LogP contribution in [0.3, 0.4) is 0 Å². The molecule has 2 unspecified atom stereocenters. The van der Waals surface area contributed by atoms with Crippen molar-refractivity contribution in [3.8, 4) is 0 Å². The normalized spacial score (nSPS) is 13.0. The Balaban J connectivity index is 1.71. The number of aliphatic hydroxyl groups excluding tert-OH is 1. The Hall–Kier alpha value is -4.35. The molecule has 3 heterocycles. The van der Waals surface area contributed by atoms with Crippen LogP contribution in [0.15, 0.2) is 81.1 Å². The minimum Gasteiger partial charge on any atom is -0.427 e. The molecule has 0 aliphatic rings. The van der Waals surface area contributed by atoms with Gasteiger partial charge in [-0.3, -0.25) is 13.9 Å². The topological polar surface area (TPSA) is 133 Å². The molecule has 0 saturated heterocycles. The van der Waals surface area contributed by atoms with Crippen LogP contribution in [-0.2, 0) is 26.1 Å². The number of rotatable bonds is 14. The van der Waals surface area contributed by atoms with Gasteiger partial charge in [0.2, 0.25) is 12.3 Å². The maximum absolute atomic E-state index is 14.0. The Kier molecular flexibility index (Phi) is 9.40. The molecule has 11 heteroatoms. The first kappa shape index (κ1) is 29.2. The zero-order valence-corrected chi connectivity index (χ0v) is 24.0. The summed E-state index contributed by atoms with van der Waals surface area (Å²) < 4.78 is 10.5. The number of imidazole rings is 1. The minimum atomic E-state index is -0.570. The molecule has 5 aromatic rings. The van der Waals surface area contributed by atoms with Crippen molar-refractivity contribution < 1.29 is 9.52 Å². The summed E-state index contributed by atoms with van der Waals surface area (Å²) in [7, 11) is 0. The summed E-state index contributed by atoms with van der Waals surface area (Å²) in [6.45, 7) is 5.79. The fraction of sp³-hybridized carbons (Fsp3) is 0.387. The van der Waals surface area contributed by atoms with E-state index >= 15 is 0 Å².